The van der Waals surface area contributed by atoms with E-state index in [0.717, 1.165) is 39.0 Å². The number of hydrogen-bond acceptors (Lipinski definition) is 4. The predicted octanol–water partition coefficient (Wildman–Crippen LogP) is 2.60. The van der Waals surface area contributed by atoms with Gasteiger partial charge in [-0.25, -0.2) is 4.39 Å². The highest BCUT2D eigenvalue weighted by Gasteiger charge is 2.47. The summed E-state index contributed by atoms with van der Waals surface area (Å²) in [6, 6.07) is 5.31. The number of rotatable bonds is 4. The van der Waals surface area contributed by atoms with E-state index in [4.69, 9.17) is 14.2 Å². The highest BCUT2D eigenvalue weighted by atomic mass is 19.1. The Balaban J connectivity index is 1.74. The number of nitrogens with zero attached hydrogens (tertiary/aromatic N) is 1. The molecule has 2 heterocycles. The van der Waals surface area contributed by atoms with E-state index in [9.17, 15) is 4.39 Å². The molecule has 0 radical (unpaired) electrons. The number of hydrogen-bond donors (Lipinski definition) is 0. The number of benzene rings is 1. The molecule has 2 aliphatic heterocycles. The van der Waals surface area contributed by atoms with Crippen molar-refractivity contribution in [1.82, 2.24) is 4.90 Å². The van der Waals surface area contributed by atoms with Crippen molar-refractivity contribution < 1.29 is 18.6 Å². The van der Waals surface area contributed by atoms with Crippen LogP contribution in [0, 0.1) is 5.82 Å². The Morgan fingerprint density at radius 1 is 1.41 bits per heavy atom. The molecule has 2 atom stereocenters. The first-order valence-electron chi connectivity index (χ1n) is 7.89. The molecule has 0 amide bonds. The molecule has 2 aliphatic rings. The predicted molar refractivity (Wildman–Crippen MR) is 81.6 cm³/mol. The molecule has 5 heteroatoms. The highest BCUT2D eigenvalue weighted by molar-refractivity contribution is 5.31. The van der Waals surface area contributed by atoms with E-state index < -0.39 is 0 Å². The van der Waals surface area contributed by atoms with E-state index in [1.807, 2.05) is 12.1 Å². The molecule has 2 fully saturated rings. The zero-order valence-corrected chi connectivity index (χ0v) is 13.3. The zero-order chi connectivity index (χ0) is 15.6. The molecule has 2 saturated heterocycles. The van der Waals surface area contributed by atoms with Crippen LogP contribution in [0.1, 0.15) is 24.8 Å². The maximum Gasteiger partial charge on any atom is 0.169 e. The standard InChI is InChI=1S/C17H24FNO3/c1-20-14-6-3-5-13(16(14)18)11-19-9-7-15(21-2)17(12-19)8-4-10-22-17/h3,5-6,15H,4,7-12H2,1-2H3/t15-,17-/m0/s1. The minimum absolute atomic E-state index is 0.140. The van der Waals surface area contributed by atoms with Gasteiger partial charge in [-0.2, -0.15) is 0 Å². The Bertz CT molecular complexity index is 517. The summed E-state index contributed by atoms with van der Waals surface area (Å²) in [6.07, 6.45) is 3.15. The van der Waals surface area contributed by atoms with E-state index in [2.05, 4.69) is 4.90 Å². The summed E-state index contributed by atoms with van der Waals surface area (Å²) in [6.45, 7) is 3.05. The van der Waals surface area contributed by atoms with Crippen LogP contribution in [0.4, 0.5) is 4.39 Å². The molecule has 0 N–H and O–H groups in total. The molecule has 0 bridgehead atoms. The quantitative estimate of drug-likeness (QED) is 0.855. The molecule has 22 heavy (non-hydrogen) atoms. The van der Waals surface area contributed by atoms with Gasteiger partial charge in [0.25, 0.3) is 0 Å². The van der Waals surface area contributed by atoms with Crippen LogP contribution in [0.3, 0.4) is 0 Å². The van der Waals surface area contributed by atoms with Crippen molar-refractivity contribution in [2.75, 3.05) is 33.9 Å². The summed E-state index contributed by atoms with van der Waals surface area (Å²) in [7, 11) is 3.25. The Kier molecular flexibility index (Phi) is 4.66. The molecule has 1 spiro atoms. The van der Waals surface area contributed by atoms with Gasteiger partial charge in [-0.1, -0.05) is 12.1 Å². The van der Waals surface area contributed by atoms with Crippen molar-refractivity contribution in [3.05, 3.63) is 29.6 Å². The molecule has 1 aromatic rings. The smallest absolute Gasteiger partial charge is 0.169 e. The summed E-state index contributed by atoms with van der Waals surface area (Å²) in [5.74, 6) is 0.0383. The number of piperidine rings is 1. The van der Waals surface area contributed by atoms with Gasteiger partial charge in [0.2, 0.25) is 0 Å². The van der Waals surface area contributed by atoms with Crippen molar-refractivity contribution in [2.24, 2.45) is 0 Å². The molecule has 3 rings (SSSR count). The van der Waals surface area contributed by atoms with E-state index >= 15 is 0 Å². The molecular weight excluding hydrogens is 285 g/mol. The number of ether oxygens (including phenoxy) is 3. The van der Waals surface area contributed by atoms with Crippen LogP contribution < -0.4 is 4.74 Å². The minimum atomic E-state index is -0.264. The molecule has 4 nitrogen and oxygen atoms in total. The fraction of sp³-hybridized carbons (Fsp3) is 0.647. The second kappa shape index (κ2) is 6.52. The summed E-state index contributed by atoms with van der Waals surface area (Å²) >= 11 is 0. The summed E-state index contributed by atoms with van der Waals surface area (Å²) in [5.41, 5.74) is 0.450. The van der Waals surface area contributed by atoms with Crippen LogP contribution in [0.15, 0.2) is 18.2 Å². The van der Waals surface area contributed by atoms with Crippen LogP contribution in [0.25, 0.3) is 0 Å². The third-order valence-electron chi connectivity index (χ3n) is 4.86. The lowest BCUT2D eigenvalue weighted by Gasteiger charge is -2.44. The highest BCUT2D eigenvalue weighted by Crippen LogP contribution is 2.37. The van der Waals surface area contributed by atoms with Crippen molar-refractivity contribution in [2.45, 2.75) is 37.5 Å². The molecule has 1 aromatic carbocycles. The maximum atomic E-state index is 14.3. The summed E-state index contributed by atoms with van der Waals surface area (Å²) in [4.78, 5) is 2.26. The van der Waals surface area contributed by atoms with Crippen LogP contribution in [0.2, 0.25) is 0 Å². The van der Waals surface area contributed by atoms with Gasteiger partial charge in [-0.3, -0.25) is 4.90 Å². The van der Waals surface area contributed by atoms with E-state index in [0.29, 0.717) is 17.9 Å². The molecule has 0 aliphatic carbocycles. The molecule has 0 aromatic heterocycles. The average Bonchev–Trinajstić information content (AvgIpc) is 2.98. The van der Waals surface area contributed by atoms with Crippen molar-refractivity contribution >= 4 is 0 Å². The van der Waals surface area contributed by atoms with Gasteiger partial charge in [0.15, 0.2) is 11.6 Å². The molecular formula is C17H24FNO3. The van der Waals surface area contributed by atoms with Crippen molar-refractivity contribution in [1.29, 1.82) is 0 Å². The van der Waals surface area contributed by atoms with Crippen LogP contribution in [-0.2, 0) is 16.0 Å². The zero-order valence-electron chi connectivity index (χ0n) is 13.3. The van der Waals surface area contributed by atoms with E-state index in [-0.39, 0.29) is 17.5 Å². The van der Waals surface area contributed by atoms with Crippen LogP contribution >= 0.6 is 0 Å². The molecule has 122 valence electrons. The summed E-state index contributed by atoms with van der Waals surface area (Å²) in [5, 5.41) is 0. The molecule has 0 unspecified atom stereocenters. The lowest BCUT2D eigenvalue weighted by Crippen LogP contribution is -2.56. The Hall–Kier alpha value is -1.17. The van der Waals surface area contributed by atoms with E-state index in [1.165, 1.54) is 7.11 Å². The van der Waals surface area contributed by atoms with Gasteiger partial charge in [-0.05, 0) is 25.3 Å². The van der Waals surface area contributed by atoms with Crippen LogP contribution in [-0.4, -0.2) is 50.5 Å². The van der Waals surface area contributed by atoms with Gasteiger partial charge >= 0.3 is 0 Å². The Morgan fingerprint density at radius 3 is 2.95 bits per heavy atom. The van der Waals surface area contributed by atoms with Crippen LogP contribution in [0.5, 0.6) is 5.75 Å². The van der Waals surface area contributed by atoms with Gasteiger partial charge in [0.1, 0.15) is 5.60 Å². The largest absolute Gasteiger partial charge is 0.494 e. The number of likely N-dealkylation sites (tertiary alicyclic amines) is 1. The average molecular weight is 309 g/mol. The van der Waals surface area contributed by atoms with Crippen molar-refractivity contribution in [3.8, 4) is 5.75 Å². The second-order valence-corrected chi connectivity index (χ2v) is 6.17. The van der Waals surface area contributed by atoms with E-state index in [1.54, 1.807) is 13.2 Å². The van der Waals surface area contributed by atoms with Crippen molar-refractivity contribution in [3.63, 3.8) is 0 Å². The first-order chi connectivity index (χ1) is 10.7. The fourth-order valence-corrected chi connectivity index (χ4v) is 3.76. The number of halogens is 1. The fourth-order valence-electron chi connectivity index (χ4n) is 3.76. The Labute approximate surface area is 131 Å². The minimum Gasteiger partial charge on any atom is -0.494 e. The second-order valence-electron chi connectivity index (χ2n) is 6.17. The van der Waals surface area contributed by atoms with Gasteiger partial charge < -0.3 is 14.2 Å². The Morgan fingerprint density at radius 2 is 2.27 bits per heavy atom. The first kappa shape index (κ1) is 15.7. The van der Waals surface area contributed by atoms with Gasteiger partial charge in [0, 0.05) is 38.9 Å². The molecule has 0 saturated carbocycles. The third kappa shape index (κ3) is 2.85. The monoisotopic (exact) mass is 309 g/mol. The normalized spacial score (nSPS) is 29.1. The lowest BCUT2D eigenvalue weighted by molar-refractivity contribution is -0.145. The summed E-state index contributed by atoms with van der Waals surface area (Å²) < 4.78 is 31.1. The van der Waals surface area contributed by atoms with Gasteiger partial charge in [-0.15, -0.1) is 0 Å². The third-order valence-corrected chi connectivity index (χ3v) is 4.86. The lowest BCUT2D eigenvalue weighted by atomic mass is 9.86. The maximum absolute atomic E-state index is 14.3. The van der Waals surface area contributed by atoms with Gasteiger partial charge in [0.05, 0.1) is 13.2 Å². The number of methoxy groups -OCH3 is 2. The first-order valence-corrected chi connectivity index (χ1v) is 7.89. The SMILES string of the molecule is COc1cccc(CN2CC[C@H](OC)[C@]3(CCCO3)C2)c1F. The topological polar surface area (TPSA) is 30.9 Å².